The normalized spacial score (nSPS) is 15.1. The van der Waals surface area contributed by atoms with E-state index in [-0.39, 0.29) is 0 Å². The van der Waals surface area contributed by atoms with E-state index in [1.807, 2.05) is 12.1 Å². The minimum Gasteiger partial charge on any atom is -0.0964 e. The van der Waals surface area contributed by atoms with Crippen molar-refractivity contribution in [2.45, 2.75) is 12.8 Å². The number of aryl methyl sites for hydroxylation is 1. The summed E-state index contributed by atoms with van der Waals surface area (Å²) in [6.45, 7) is 3.98. The molecule has 1 aromatic rings. The third kappa shape index (κ3) is 1.01. The Morgan fingerprint density at radius 3 is 2.91 bits per heavy atom. The first-order valence-electron chi connectivity index (χ1n) is 3.84. The van der Waals surface area contributed by atoms with Crippen LogP contribution in [0.25, 0.3) is 5.57 Å². The van der Waals surface area contributed by atoms with E-state index in [2.05, 4.69) is 12.6 Å². The molecule has 0 aliphatic heterocycles. The zero-order chi connectivity index (χ0) is 7.84. The second-order valence-corrected chi connectivity index (χ2v) is 3.02. The van der Waals surface area contributed by atoms with Crippen LogP contribution in [-0.2, 0) is 6.42 Å². The summed E-state index contributed by atoms with van der Waals surface area (Å²) in [6, 6.07) is 6.06. The number of benzene rings is 1. The lowest BCUT2D eigenvalue weighted by molar-refractivity contribution is 1.08. The highest BCUT2D eigenvalue weighted by atomic mass is 14.2. The van der Waals surface area contributed by atoms with E-state index in [0.29, 0.717) is 0 Å². The van der Waals surface area contributed by atoms with Crippen molar-refractivity contribution in [2.75, 3.05) is 0 Å². The Balaban J connectivity index is 2.59. The summed E-state index contributed by atoms with van der Waals surface area (Å²) in [5.41, 5.74) is 4.77. The molecular formula is C10H9B. The van der Waals surface area contributed by atoms with Crippen LogP contribution in [-0.4, -0.2) is 7.85 Å². The molecule has 0 heterocycles. The van der Waals surface area contributed by atoms with Gasteiger partial charge in [0.1, 0.15) is 7.85 Å². The van der Waals surface area contributed by atoms with E-state index in [4.69, 9.17) is 7.85 Å². The van der Waals surface area contributed by atoms with Crippen LogP contribution in [0.1, 0.15) is 17.5 Å². The zero-order valence-corrected chi connectivity index (χ0v) is 6.43. The fourth-order valence-electron chi connectivity index (χ4n) is 1.59. The average Bonchev–Trinajstić information content (AvgIpc) is 2.32. The molecule has 1 aromatic carbocycles. The second-order valence-electron chi connectivity index (χ2n) is 3.02. The van der Waals surface area contributed by atoms with Gasteiger partial charge >= 0.3 is 0 Å². The largest absolute Gasteiger partial charge is 0.113 e. The lowest BCUT2D eigenvalue weighted by Crippen LogP contribution is -2.02. The van der Waals surface area contributed by atoms with Crippen LogP contribution in [0.2, 0.25) is 0 Å². The fraction of sp³-hybridized carbons (Fsp3) is 0.200. The molecule has 0 aromatic heterocycles. The Bertz CT molecular complexity index is 313. The highest BCUT2D eigenvalue weighted by molar-refractivity contribution is 6.32. The summed E-state index contributed by atoms with van der Waals surface area (Å²) in [4.78, 5) is 0. The molecule has 0 nitrogen and oxygen atoms in total. The van der Waals surface area contributed by atoms with Crippen molar-refractivity contribution in [1.82, 2.24) is 0 Å². The van der Waals surface area contributed by atoms with Crippen molar-refractivity contribution in [3.8, 4) is 0 Å². The zero-order valence-electron chi connectivity index (χ0n) is 6.43. The summed E-state index contributed by atoms with van der Waals surface area (Å²) in [5, 5.41) is 0. The molecule has 0 bridgehead atoms. The maximum Gasteiger partial charge on any atom is 0.113 e. The molecule has 1 heteroatoms. The monoisotopic (exact) mass is 140 g/mol. The fourth-order valence-corrected chi connectivity index (χ4v) is 1.59. The van der Waals surface area contributed by atoms with E-state index in [1.165, 1.54) is 16.7 Å². The van der Waals surface area contributed by atoms with Gasteiger partial charge in [-0.2, -0.15) is 0 Å². The lowest BCUT2D eigenvalue weighted by Gasteiger charge is -1.99. The molecule has 0 N–H and O–H groups in total. The molecule has 1 aliphatic carbocycles. The van der Waals surface area contributed by atoms with Crippen LogP contribution in [0.3, 0.4) is 0 Å². The number of fused-ring (bicyclic) bond motifs is 1. The molecule has 0 atom stereocenters. The average molecular weight is 140 g/mol. The Morgan fingerprint density at radius 2 is 2.09 bits per heavy atom. The third-order valence-electron chi connectivity index (χ3n) is 2.21. The number of hydrogen-bond acceptors (Lipinski definition) is 0. The summed E-state index contributed by atoms with van der Waals surface area (Å²) in [6.07, 6.45) is 2.21. The molecule has 0 saturated heterocycles. The minimum atomic E-state index is 0.860. The maximum atomic E-state index is 5.65. The number of hydrogen-bond donors (Lipinski definition) is 0. The van der Waals surface area contributed by atoms with E-state index < -0.39 is 0 Å². The number of allylic oxidation sites excluding steroid dienone is 1. The lowest BCUT2D eigenvalue weighted by atomic mass is 9.92. The predicted octanol–water partition coefficient (Wildman–Crippen LogP) is 1.44. The van der Waals surface area contributed by atoms with Gasteiger partial charge in [0.05, 0.1) is 0 Å². The van der Waals surface area contributed by atoms with Gasteiger partial charge in [-0.3, -0.25) is 0 Å². The summed E-state index contributed by atoms with van der Waals surface area (Å²) >= 11 is 0. The van der Waals surface area contributed by atoms with Crippen LogP contribution in [0.4, 0.5) is 0 Å². The van der Waals surface area contributed by atoms with Crippen LogP contribution < -0.4 is 5.46 Å². The van der Waals surface area contributed by atoms with Gasteiger partial charge in [-0.05, 0) is 29.5 Å². The number of rotatable bonds is 0. The molecular weight excluding hydrogens is 131 g/mol. The van der Waals surface area contributed by atoms with E-state index in [0.717, 1.165) is 18.3 Å². The molecule has 2 radical (unpaired) electrons. The second kappa shape index (κ2) is 2.26. The Morgan fingerprint density at radius 1 is 1.27 bits per heavy atom. The highest BCUT2D eigenvalue weighted by Crippen LogP contribution is 2.29. The highest BCUT2D eigenvalue weighted by Gasteiger charge is 2.12. The Labute approximate surface area is 68.3 Å². The molecule has 0 spiro atoms. The summed E-state index contributed by atoms with van der Waals surface area (Å²) < 4.78 is 0. The smallest absolute Gasteiger partial charge is 0.0964 e. The molecule has 2 rings (SSSR count). The van der Waals surface area contributed by atoms with Crippen molar-refractivity contribution in [2.24, 2.45) is 0 Å². The van der Waals surface area contributed by atoms with Crippen LogP contribution in [0, 0.1) is 0 Å². The quantitative estimate of drug-likeness (QED) is 0.478. The minimum absolute atomic E-state index is 0.860. The molecule has 0 unspecified atom stereocenters. The molecule has 1 aliphatic rings. The van der Waals surface area contributed by atoms with Gasteiger partial charge in [-0.1, -0.05) is 30.2 Å². The van der Waals surface area contributed by atoms with Gasteiger partial charge in [0.15, 0.2) is 0 Å². The third-order valence-corrected chi connectivity index (χ3v) is 2.21. The van der Waals surface area contributed by atoms with Gasteiger partial charge in [0, 0.05) is 0 Å². The van der Waals surface area contributed by atoms with Gasteiger partial charge in [0.2, 0.25) is 0 Å². The van der Waals surface area contributed by atoms with Crippen LogP contribution >= 0.6 is 0 Å². The molecule has 0 amide bonds. The van der Waals surface area contributed by atoms with Crippen molar-refractivity contribution in [3.63, 3.8) is 0 Å². The van der Waals surface area contributed by atoms with Gasteiger partial charge < -0.3 is 0 Å². The standard InChI is InChI=1S/C10H9B/c1-7-2-3-8-6-9(11)4-5-10(7)8/h4-6H,1-3H2. The van der Waals surface area contributed by atoms with Gasteiger partial charge in [0.25, 0.3) is 0 Å². The van der Waals surface area contributed by atoms with Crippen molar-refractivity contribution in [3.05, 3.63) is 35.9 Å². The SMILES string of the molecule is [B]c1ccc2c(c1)CCC2=C. The van der Waals surface area contributed by atoms with E-state index in [9.17, 15) is 0 Å². The summed E-state index contributed by atoms with van der Waals surface area (Å²) in [5.74, 6) is 0. The predicted molar refractivity (Wildman–Crippen MR) is 49.2 cm³/mol. The van der Waals surface area contributed by atoms with Crippen molar-refractivity contribution < 1.29 is 0 Å². The van der Waals surface area contributed by atoms with Crippen molar-refractivity contribution in [1.29, 1.82) is 0 Å². The Hall–Kier alpha value is -0.975. The van der Waals surface area contributed by atoms with E-state index >= 15 is 0 Å². The molecule has 52 valence electrons. The maximum absolute atomic E-state index is 5.65. The first-order valence-corrected chi connectivity index (χ1v) is 3.84. The first-order chi connectivity index (χ1) is 5.27. The van der Waals surface area contributed by atoms with Gasteiger partial charge in [-0.25, -0.2) is 0 Å². The van der Waals surface area contributed by atoms with E-state index in [1.54, 1.807) is 0 Å². The molecule has 0 fully saturated rings. The molecule has 0 saturated carbocycles. The first kappa shape index (κ1) is 6.72. The summed E-state index contributed by atoms with van der Waals surface area (Å²) in [7, 11) is 5.65. The van der Waals surface area contributed by atoms with Crippen LogP contribution in [0.5, 0.6) is 0 Å². The van der Waals surface area contributed by atoms with Crippen molar-refractivity contribution >= 4 is 18.9 Å². The Kier molecular flexibility index (Phi) is 1.38. The topological polar surface area (TPSA) is 0 Å². The molecule has 11 heavy (non-hydrogen) atoms. The van der Waals surface area contributed by atoms with Gasteiger partial charge in [-0.15, -0.1) is 0 Å². The van der Waals surface area contributed by atoms with Crippen LogP contribution in [0.15, 0.2) is 24.8 Å².